The largest absolute Gasteiger partial charge is 0.332 e. The van der Waals surface area contributed by atoms with Crippen LogP contribution in [0.1, 0.15) is 18.4 Å². The molecule has 2 aliphatic rings. The predicted molar refractivity (Wildman–Crippen MR) is 97.4 cm³/mol. The van der Waals surface area contributed by atoms with Crippen LogP contribution < -0.4 is 4.90 Å². The maximum Gasteiger partial charge on any atom is 0.249 e. The fourth-order valence-corrected chi connectivity index (χ4v) is 4.15. The second kappa shape index (κ2) is 5.94. The first-order chi connectivity index (χ1) is 11.1. The predicted octanol–water partition coefficient (Wildman–Crippen LogP) is 3.77. The number of aryl methyl sites for hydroxylation is 1. The Hall–Kier alpha value is -0.680. The van der Waals surface area contributed by atoms with E-state index >= 15 is 0 Å². The number of hydrogen-bond donors (Lipinski definition) is 0. The molecule has 0 N–H and O–H groups in total. The van der Waals surface area contributed by atoms with Gasteiger partial charge in [0, 0.05) is 30.7 Å². The number of amides is 2. The molecule has 130 valence electrons. The third kappa shape index (κ3) is 2.78. The van der Waals surface area contributed by atoms with E-state index in [1.54, 1.807) is 18.0 Å². The van der Waals surface area contributed by atoms with E-state index in [0.717, 1.165) is 11.3 Å². The highest BCUT2D eigenvalue weighted by Crippen LogP contribution is 2.62. The SMILES string of the molecule is Cc1ccc(N2CCC(N(C)C(=O)C3(Cl)CC3(Cl)Cl)C2=O)cc1Cl. The van der Waals surface area contributed by atoms with Crippen LogP contribution >= 0.6 is 46.4 Å². The normalized spacial score (nSPS) is 28.2. The lowest BCUT2D eigenvalue weighted by atomic mass is 10.2. The topological polar surface area (TPSA) is 40.6 Å². The molecule has 0 radical (unpaired) electrons. The number of likely N-dealkylation sites (N-methyl/N-ethyl adjacent to an activating group) is 1. The van der Waals surface area contributed by atoms with Gasteiger partial charge in [-0.05, 0) is 31.0 Å². The number of anilines is 1. The Morgan fingerprint density at radius 1 is 1.33 bits per heavy atom. The van der Waals surface area contributed by atoms with E-state index in [4.69, 9.17) is 46.4 Å². The van der Waals surface area contributed by atoms with Gasteiger partial charge in [-0.3, -0.25) is 9.59 Å². The van der Waals surface area contributed by atoms with E-state index in [2.05, 4.69) is 0 Å². The summed E-state index contributed by atoms with van der Waals surface area (Å²) in [5.41, 5.74) is 1.66. The van der Waals surface area contributed by atoms with Crippen LogP contribution in [-0.2, 0) is 9.59 Å². The van der Waals surface area contributed by atoms with Gasteiger partial charge in [-0.1, -0.05) is 40.9 Å². The van der Waals surface area contributed by atoms with Crippen molar-refractivity contribution in [3.63, 3.8) is 0 Å². The fraction of sp³-hybridized carbons (Fsp3) is 0.500. The summed E-state index contributed by atoms with van der Waals surface area (Å²) < 4.78 is -1.27. The van der Waals surface area contributed by atoms with Crippen LogP contribution in [-0.4, -0.2) is 45.6 Å². The summed E-state index contributed by atoms with van der Waals surface area (Å²) in [6.07, 6.45) is 0.684. The van der Waals surface area contributed by atoms with Crippen molar-refractivity contribution in [3.05, 3.63) is 28.8 Å². The molecule has 1 aliphatic heterocycles. The highest BCUT2D eigenvalue weighted by atomic mass is 35.5. The third-order valence-corrected chi connectivity index (χ3v) is 6.82. The lowest BCUT2D eigenvalue weighted by molar-refractivity contribution is -0.137. The summed E-state index contributed by atoms with van der Waals surface area (Å²) in [6, 6.07) is 4.87. The molecule has 0 spiro atoms. The minimum absolute atomic E-state index is 0.165. The van der Waals surface area contributed by atoms with Crippen molar-refractivity contribution in [1.82, 2.24) is 4.90 Å². The van der Waals surface area contributed by atoms with Crippen LogP contribution in [0.15, 0.2) is 18.2 Å². The van der Waals surface area contributed by atoms with E-state index in [1.165, 1.54) is 4.90 Å². The van der Waals surface area contributed by atoms with E-state index in [9.17, 15) is 9.59 Å². The number of rotatable bonds is 3. The molecule has 1 aromatic rings. The van der Waals surface area contributed by atoms with Crippen molar-refractivity contribution in [1.29, 1.82) is 0 Å². The molecular formula is C16H16Cl4N2O2. The number of alkyl halides is 3. The molecule has 1 aromatic carbocycles. The molecular weight excluding hydrogens is 394 g/mol. The Kier molecular flexibility index (Phi) is 4.49. The lowest BCUT2D eigenvalue weighted by Crippen LogP contribution is -2.47. The fourth-order valence-electron chi connectivity index (χ4n) is 2.95. The number of hydrogen-bond acceptors (Lipinski definition) is 2. The van der Waals surface area contributed by atoms with Gasteiger partial charge in [0.1, 0.15) is 10.4 Å². The van der Waals surface area contributed by atoms with Gasteiger partial charge in [-0.2, -0.15) is 0 Å². The van der Waals surface area contributed by atoms with Crippen molar-refractivity contribution < 1.29 is 9.59 Å². The number of halogens is 4. The average Bonchev–Trinajstić information content (AvgIpc) is 2.85. The Bertz CT molecular complexity index is 724. The lowest BCUT2D eigenvalue weighted by Gasteiger charge is -2.26. The monoisotopic (exact) mass is 408 g/mol. The van der Waals surface area contributed by atoms with Crippen LogP contribution in [0.2, 0.25) is 5.02 Å². The number of carbonyl (C=O) groups excluding carboxylic acids is 2. The average molecular weight is 410 g/mol. The molecule has 4 nitrogen and oxygen atoms in total. The smallest absolute Gasteiger partial charge is 0.249 e. The number of carbonyl (C=O) groups is 2. The molecule has 1 heterocycles. The van der Waals surface area contributed by atoms with E-state index in [0.29, 0.717) is 18.0 Å². The Labute approximate surface area is 160 Å². The molecule has 1 saturated carbocycles. The first kappa shape index (κ1) is 18.1. The minimum atomic E-state index is -1.34. The van der Waals surface area contributed by atoms with Gasteiger partial charge in [0.25, 0.3) is 0 Å². The zero-order valence-corrected chi connectivity index (χ0v) is 16.2. The molecule has 2 atom stereocenters. The Morgan fingerprint density at radius 3 is 2.50 bits per heavy atom. The summed E-state index contributed by atoms with van der Waals surface area (Å²) >= 11 is 24.3. The van der Waals surface area contributed by atoms with E-state index in [-0.39, 0.29) is 12.3 Å². The maximum atomic E-state index is 12.7. The zero-order valence-electron chi connectivity index (χ0n) is 13.2. The van der Waals surface area contributed by atoms with Crippen LogP contribution in [0.5, 0.6) is 0 Å². The van der Waals surface area contributed by atoms with E-state index in [1.807, 2.05) is 19.1 Å². The van der Waals surface area contributed by atoms with Crippen molar-refractivity contribution >= 4 is 63.9 Å². The molecule has 2 unspecified atom stereocenters. The molecule has 0 bridgehead atoms. The van der Waals surface area contributed by atoms with Crippen LogP contribution in [0.25, 0.3) is 0 Å². The molecule has 3 rings (SSSR count). The van der Waals surface area contributed by atoms with Gasteiger partial charge >= 0.3 is 0 Å². The van der Waals surface area contributed by atoms with Gasteiger partial charge in [0.15, 0.2) is 4.87 Å². The summed E-state index contributed by atoms with van der Waals surface area (Å²) in [4.78, 5) is 26.9. The van der Waals surface area contributed by atoms with E-state index < -0.39 is 21.2 Å². The summed E-state index contributed by atoms with van der Waals surface area (Å²) in [5.74, 6) is -0.585. The Balaban J connectivity index is 1.76. The quantitative estimate of drug-likeness (QED) is 0.713. The standard InChI is InChI=1S/C16H16Cl4N2O2/c1-9-3-4-10(7-11(9)17)22-6-5-12(13(22)23)21(2)14(24)15(18)8-16(15,19)20/h3-4,7,12H,5-6,8H2,1-2H3. The Morgan fingerprint density at radius 2 is 1.96 bits per heavy atom. The van der Waals surface area contributed by atoms with Crippen molar-refractivity contribution in [2.45, 2.75) is 35.0 Å². The van der Waals surface area contributed by atoms with Crippen LogP contribution in [0.3, 0.4) is 0 Å². The highest BCUT2D eigenvalue weighted by Gasteiger charge is 2.72. The van der Waals surface area contributed by atoms with Crippen molar-refractivity contribution in [2.24, 2.45) is 0 Å². The maximum absolute atomic E-state index is 12.7. The summed E-state index contributed by atoms with van der Waals surface area (Å²) in [7, 11) is 1.56. The van der Waals surface area contributed by atoms with Crippen LogP contribution in [0.4, 0.5) is 5.69 Å². The third-order valence-electron chi connectivity index (χ3n) is 4.69. The molecule has 1 aliphatic carbocycles. The number of benzene rings is 1. The van der Waals surface area contributed by atoms with Crippen LogP contribution in [0, 0.1) is 6.92 Å². The van der Waals surface area contributed by atoms with Gasteiger partial charge in [0.05, 0.1) is 0 Å². The first-order valence-electron chi connectivity index (χ1n) is 7.50. The summed E-state index contributed by atoms with van der Waals surface area (Å²) in [5, 5.41) is 0.597. The second-order valence-electron chi connectivity index (χ2n) is 6.33. The number of nitrogens with zero attached hydrogens (tertiary/aromatic N) is 2. The van der Waals surface area contributed by atoms with Crippen molar-refractivity contribution in [2.75, 3.05) is 18.5 Å². The highest BCUT2D eigenvalue weighted by molar-refractivity contribution is 6.62. The molecule has 2 amide bonds. The van der Waals surface area contributed by atoms with Crippen molar-refractivity contribution in [3.8, 4) is 0 Å². The molecule has 8 heteroatoms. The molecule has 24 heavy (non-hydrogen) atoms. The van der Waals surface area contributed by atoms with Gasteiger partial charge < -0.3 is 9.80 Å². The minimum Gasteiger partial charge on any atom is -0.332 e. The zero-order chi connectivity index (χ0) is 17.9. The molecule has 1 saturated heterocycles. The molecule has 0 aromatic heterocycles. The second-order valence-corrected chi connectivity index (χ2v) is 8.86. The van der Waals surface area contributed by atoms with Gasteiger partial charge in [-0.15, -0.1) is 11.6 Å². The first-order valence-corrected chi connectivity index (χ1v) is 9.01. The summed E-state index contributed by atoms with van der Waals surface area (Å²) in [6.45, 7) is 2.40. The van der Waals surface area contributed by atoms with Gasteiger partial charge in [-0.25, -0.2) is 0 Å². The van der Waals surface area contributed by atoms with Gasteiger partial charge in [0.2, 0.25) is 11.8 Å². The molecule has 2 fully saturated rings.